The van der Waals surface area contributed by atoms with Gasteiger partial charge in [-0.1, -0.05) is 0 Å². The highest BCUT2D eigenvalue weighted by atomic mass is 16.9. The minimum atomic E-state index is -1.22. The number of carbonyl (C=O) groups is 1. The number of nitrogens with one attached hydrogen (secondary N) is 7. The largest absolute Gasteiger partial charge is 0.558 e. The quantitative estimate of drug-likeness (QED) is 0.117. The van der Waals surface area contributed by atoms with E-state index in [9.17, 15) is 4.79 Å². The minimum absolute atomic E-state index is 0.312. The summed E-state index contributed by atoms with van der Waals surface area (Å²) in [4.78, 5) is 18.3. The average Bonchev–Trinajstić information content (AvgIpc) is 2.22. The minimum Gasteiger partial charge on any atom is -0.370 e. The molecule has 0 saturated heterocycles. The molecule has 0 unspecified atom stereocenters. The van der Waals surface area contributed by atoms with E-state index in [4.69, 9.17) is 44.6 Å². The van der Waals surface area contributed by atoms with Crippen LogP contribution in [0, 0.1) is 21.6 Å². The summed E-state index contributed by atoms with van der Waals surface area (Å²) in [6, 6.07) is 0. The Morgan fingerprint density at radius 3 is 1.21 bits per heavy atom. The van der Waals surface area contributed by atoms with Crippen molar-refractivity contribution in [3.63, 3.8) is 0 Å². The first kappa shape index (κ1) is 17.9. The number of hydrogen-bond acceptors (Lipinski definition) is 7. The van der Waals surface area contributed by atoms with Crippen LogP contribution < -0.4 is 39.2 Å². The molecule has 0 saturated carbocycles. The summed E-state index contributed by atoms with van der Waals surface area (Å²) >= 11 is 0. The van der Waals surface area contributed by atoms with Gasteiger partial charge in [0.25, 0.3) is 0 Å². The third-order valence-electron chi connectivity index (χ3n) is 0.758. The van der Waals surface area contributed by atoms with Crippen LogP contribution in [-0.4, -0.2) is 30.0 Å². The number of hydrogen-bond donors (Lipinski definition) is 11. The lowest BCUT2D eigenvalue weighted by molar-refractivity contribution is 0.0174. The Labute approximate surface area is 106 Å². The van der Waals surface area contributed by atoms with Crippen LogP contribution in [0.15, 0.2) is 0 Å². The van der Waals surface area contributed by atoms with E-state index in [0.717, 1.165) is 0 Å². The van der Waals surface area contributed by atoms with E-state index in [1.165, 1.54) is 0 Å². The molecule has 15 N–H and O–H groups in total. The monoisotopic (exact) mass is 277 g/mol. The molecule has 0 rings (SSSR count). The summed E-state index contributed by atoms with van der Waals surface area (Å²) in [5, 5.41) is 28.1. The van der Waals surface area contributed by atoms with Crippen LogP contribution in [-0.2, 0) is 9.68 Å². The van der Waals surface area contributed by atoms with Gasteiger partial charge in [-0.25, -0.2) is 0 Å². The van der Waals surface area contributed by atoms with E-state index in [-0.39, 0.29) is 11.9 Å². The molecular weight excluding hydrogens is 262 g/mol. The first-order chi connectivity index (χ1) is 8.65. The molecule has 0 fully saturated rings. The van der Waals surface area contributed by atoms with Crippen LogP contribution in [0.1, 0.15) is 0 Å². The van der Waals surface area contributed by atoms with Gasteiger partial charge in [-0.3, -0.25) is 27.0 Å². The lowest BCUT2D eigenvalue weighted by atomic mass is 10.9. The van der Waals surface area contributed by atoms with E-state index in [0.29, 0.717) is 0 Å². The van der Waals surface area contributed by atoms with Crippen molar-refractivity contribution >= 4 is 30.0 Å². The summed E-state index contributed by atoms with van der Waals surface area (Å²) in [5.41, 5.74) is 22.4. The number of hydroxylamine groups is 2. The molecule has 0 aliphatic rings. The highest BCUT2D eigenvalue weighted by Gasteiger charge is 2.04. The van der Waals surface area contributed by atoms with E-state index < -0.39 is 18.1 Å². The summed E-state index contributed by atoms with van der Waals surface area (Å²) in [6.45, 7) is 0. The van der Waals surface area contributed by atoms with Gasteiger partial charge in [0.05, 0.1) is 0 Å². The molecule has 0 aliphatic carbocycles. The van der Waals surface area contributed by atoms with Gasteiger partial charge in [-0.15, -0.1) is 0 Å². The highest BCUT2D eigenvalue weighted by Crippen LogP contribution is 1.75. The van der Waals surface area contributed by atoms with E-state index in [1.807, 2.05) is 5.32 Å². The van der Waals surface area contributed by atoms with Crippen LogP contribution in [0.25, 0.3) is 0 Å². The smallest absolute Gasteiger partial charge is 0.370 e. The predicted octanol–water partition coefficient (Wildman–Crippen LogP) is -3.70. The number of nitrogens with two attached hydrogens (primary N) is 4. The highest BCUT2D eigenvalue weighted by molar-refractivity contribution is 5.93. The Bertz CT molecular complexity index is 333. The molecular formula is C5H15N11O3. The lowest BCUT2D eigenvalue weighted by Crippen LogP contribution is -2.39. The zero-order valence-electron chi connectivity index (χ0n) is 9.53. The van der Waals surface area contributed by atoms with Gasteiger partial charge in [-0.05, 0) is 0 Å². The van der Waals surface area contributed by atoms with E-state index in [2.05, 4.69) is 9.68 Å². The summed E-state index contributed by atoms with van der Waals surface area (Å²) in [5.74, 6) is -1.75. The molecule has 0 atom stereocenters. The van der Waals surface area contributed by atoms with Crippen molar-refractivity contribution in [2.45, 2.75) is 0 Å². The average molecular weight is 277 g/mol. The molecule has 19 heavy (non-hydrogen) atoms. The molecule has 0 bridgehead atoms. The topological polar surface area (TPSA) is 271 Å². The Balaban J connectivity index is 0. The maximum Gasteiger partial charge on any atom is 0.558 e. The maximum atomic E-state index is 10.4. The van der Waals surface area contributed by atoms with Crippen LogP contribution in [0.3, 0.4) is 0 Å². The second-order valence-corrected chi connectivity index (χ2v) is 2.44. The predicted molar refractivity (Wildman–Crippen MR) is 64.6 cm³/mol. The summed E-state index contributed by atoms with van der Waals surface area (Å²) in [6.07, 6.45) is -1.22. The summed E-state index contributed by atoms with van der Waals surface area (Å²) in [7, 11) is 0. The van der Waals surface area contributed by atoms with Crippen molar-refractivity contribution in [2.75, 3.05) is 0 Å². The third kappa shape index (κ3) is 20.6. The fraction of sp³-hybridized carbons (Fsp3) is 0. The van der Waals surface area contributed by atoms with Gasteiger partial charge >= 0.3 is 6.16 Å². The third-order valence-corrected chi connectivity index (χ3v) is 0.758. The van der Waals surface area contributed by atoms with Gasteiger partial charge in [0, 0.05) is 0 Å². The van der Waals surface area contributed by atoms with Crippen molar-refractivity contribution in [1.82, 2.24) is 16.3 Å². The van der Waals surface area contributed by atoms with Crippen molar-refractivity contribution in [3.05, 3.63) is 0 Å². The molecule has 14 heteroatoms. The summed E-state index contributed by atoms with van der Waals surface area (Å²) < 4.78 is 0. The normalized spacial score (nSPS) is 7.79. The van der Waals surface area contributed by atoms with Gasteiger partial charge in [-0.2, -0.15) is 15.8 Å². The Morgan fingerprint density at radius 2 is 1.05 bits per heavy atom. The second kappa shape index (κ2) is 9.75. The van der Waals surface area contributed by atoms with Crippen molar-refractivity contribution in [2.24, 2.45) is 22.9 Å². The van der Waals surface area contributed by atoms with Crippen LogP contribution in [0.2, 0.25) is 0 Å². The molecule has 0 amide bonds. The standard InChI is InChI=1S/C3H8N6O3.C2H7N5/c4-1(5)8-11-3(10)12-9-2(6)7;3-1(4)7-2(5)6/h(H4,4,5,8)(H4,6,7,9);(H7,3,4,5,6,7). The zero-order valence-corrected chi connectivity index (χ0v) is 9.53. The molecule has 0 aromatic carbocycles. The Kier molecular flexibility index (Phi) is 9.20. The molecule has 0 aromatic rings. The SMILES string of the molecule is N=C(N)NC(=N)N.N=C(N)NOC(=O)ONC(=N)N. The first-order valence-electron chi connectivity index (χ1n) is 4.18. The molecule has 0 aromatic heterocycles. The first-order valence-corrected chi connectivity index (χ1v) is 4.18. The molecule has 14 nitrogen and oxygen atoms in total. The molecule has 108 valence electrons. The molecule has 0 heterocycles. The maximum absolute atomic E-state index is 10.4. The van der Waals surface area contributed by atoms with Gasteiger partial charge in [0.1, 0.15) is 0 Å². The van der Waals surface area contributed by atoms with E-state index in [1.54, 1.807) is 11.0 Å². The number of rotatable bonds is 0. The number of guanidine groups is 4. The Morgan fingerprint density at radius 1 is 0.737 bits per heavy atom. The number of carbonyl (C=O) groups excluding carboxylic acids is 1. The zero-order chi connectivity index (χ0) is 15.4. The van der Waals surface area contributed by atoms with Crippen LogP contribution in [0.4, 0.5) is 4.79 Å². The van der Waals surface area contributed by atoms with Crippen LogP contribution in [0.5, 0.6) is 0 Å². The van der Waals surface area contributed by atoms with Gasteiger partial charge < -0.3 is 32.6 Å². The van der Waals surface area contributed by atoms with Crippen LogP contribution >= 0.6 is 0 Å². The van der Waals surface area contributed by atoms with Crippen molar-refractivity contribution in [3.8, 4) is 0 Å². The fourth-order valence-electron chi connectivity index (χ4n) is 0.359. The molecule has 0 radical (unpaired) electrons. The second-order valence-electron chi connectivity index (χ2n) is 2.44. The molecule has 0 spiro atoms. The van der Waals surface area contributed by atoms with E-state index >= 15 is 0 Å². The Hall–Kier alpha value is -3.45. The lowest BCUT2D eigenvalue weighted by Gasteiger charge is -2.04. The molecule has 0 aliphatic heterocycles. The van der Waals surface area contributed by atoms with Crippen molar-refractivity contribution in [1.29, 1.82) is 21.6 Å². The fourth-order valence-corrected chi connectivity index (χ4v) is 0.359. The van der Waals surface area contributed by atoms with Gasteiger partial charge in [0.2, 0.25) is 11.9 Å². The van der Waals surface area contributed by atoms with Crippen molar-refractivity contribution < 1.29 is 14.5 Å². The van der Waals surface area contributed by atoms with Gasteiger partial charge in [0.15, 0.2) is 11.9 Å².